The van der Waals surface area contributed by atoms with Crippen molar-refractivity contribution in [2.24, 2.45) is 9.98 Å². The van der Waals surface area contributed by atoms with Gasteiger partial charge in [-0.25, -0.2) is 31.6 Å². The van der Waals surface area contributed by atoms with Crippen LogP contribution in [-0.4, -0.2) is 86.4 Å². The standard InChI is InChI=1S/C28H39F3N6O3S/c1-17(2)37-25-19(16-32-27(34-25)33-20-7-9-21(10-8-20)36(4)5)14-22(26(37)38)18-6-11-24(23(29)15-18)35-41(39,40)13-12-28(3,30)31/h11,14-17,20-21,25,35H,6-10,12-13H2,1-5H3,(H,33,34). The van der Waals surface area contributed by atoms with Crippen LogP contribution in [0.2, 0.25) is 0 Å². The lowest BCUT2D eigenvalue weighted by Crippen LogP contribution is -2.51. The molecule has 0 aromatic heterocycles. The molecule has 2 aliphatic carbocycles. The van der Waals surface area contributed by atoms with E-state index in [1.54, 1.807) is 17.2 Å². The van der Waals surface area contributed by atoms with E-state index in [9.17, 15) is 26.4 Å². The first kappa shape index (κ1) is 31.0. The zero-order valence-electron chi connectivity index (χ0n) is 24.1. The van der Waals surface area contributed by atoms with Crippen molar-refractivity contribution in [2.45, 2.75) is 89.5 Å². The van der Waals surface area contributed by atoms with Crippen molar-refractivity contribution in [3.8, 4) is 0 Å². The lowest BCUT2D eigenvalue weighted by atomic mass is 9.90. The molecule has 1 atom stereocenters. The molecule has 41 heavy (non-hydrogen) atoms. The van der Waals surface area contributed by atoms with E-state index >= 15 is 0 Å². The third-order valence-electron chi connectivity index (χ3n) is 7.74. The Kier molecular flexibility index (Phi) is 9.17. The molecule has 4 aliphatic rings. The molecule has 1 saturated carbocycles. The van der Waals surface area contributed by atoms with E-state index in [-0.39, 0.29) is 35.7 Å². The largest absolute Gasteiger partial charge is 0.352 e. The van der Waals surface area contributed by atoms with E-state index in [2.05, 4.69) is 29.3 Å². The zero-order valence-corrected chi connectivity index (χ0v) is 24.9. The molecule has 1 fully saturated rings. The van der Waals surface area contributed by atoms with Crippen LogP contribution in [0.1, 0.15) is 59.3 Å². The molecule has 0 aromatic rings. The van der Waals surface area contributed by atoms with Crippen LogP contribution in [0.3, 0.4) is 0 Å². The van der Waals surface area contributed by atoms with Gasteiger partial charge in [-0.2, -0.15) is 0 Å². The van der Waals surface area contributed by atoms with Gasteiger partial charge in [-0.05, 0) is 84.7 Å². The fourth-order valence-corrected chi connectivity index (χ4v) is 6.63. The molecule has 226 valence electrons. The smallest absolute Gasteiger partial charge is 0.256 e. The number of halogens is 3. The quantitative estimate of drug-likeness (QED) is 0.415. The maximum Gasteiger partial charge on any atom is 0.256 e. The van der Waals surface area contributed by atoms with E-state index in [1.165, 1.54) is 6.08 Å². The van der Waals surface area contributed by atoms with Crippen molar-refractivity contribution in [1.29, 1.82) is 0 Å². The van der Waals surface area contributed by atoms with Gasteiger partial charge in [0.05, 0.1) is 11.4 Å². The highest BCUT2D eigenvalue weighted by atomic mass is 32.2. The second kappa shape index (κ2) is 12.1. The van der Waals surface area contributed by atoms with Crippen LogP contribution in [0.5, 0.6) is 0 Å². The Morgan fingerprint density at radius 3 is 2.44 bits per heavy atom. The summed E-state index contributed by atoms with van der Waals surface area (Å²) in [6.45, 7) is 4.38. The van der Waals surface area contributed by atoms with Gasteiger partial charge < -0.3 is 15.1 Å². The molecule has 9 nitrogen and oxygen atoms in total. The average molecular weight is 597 g/mol. The second-order valence-corrected chi connectivity index (χ2v) is 13.5. The Hall–Kier alpha value is -2.93. The summed E-state index contributed by atoms with van der Waals surface area (Å²) in [6, 6.07) is 0.604. The van der Waals surface area contributed by atoms with Crippen LogP contribution >= 0.6 is 0 Å². The zero-order chi connectivity index (χ0) is 30.1. The summed E-state index contributed by atoms with van der Waals surface area (Å²) >= 11 is 0. The minimum atomic E-state index is -4.18. The number of rotatable bonds is 8. The van der Waals surface area contributed by atoms with Gasteiger partial charge in [-0.3, -0.25) is 9.52 Å². The fraction of sp³-hybridized carbons (Fsp3) is 0.607. The molecule has 1 amide bonds. The summed E-state index contributed by atoms with van der Waals surface area (Å²) in [5.74, 6) is -4.75. The summed E-state index contributed by atoms with van der Waals surface area (Å²) in [5, 5.41) is 3.44. The van der Waals surface area contributed by atoms with E-state index < -0.39 is 40.1 Å². The van der Waals surface area contributed by atoms with Crippen molar-refractivity contribution in [3.63, 3.8) is 0 Å². The van der Waals surface area contributed by atoms with Gasteiger partial charge in [0.2, 0.25) is 21.9 Å². The Morgan fingerprint density at radius 2 is 1.85 bits per heavy atom. The van der Waals surface area contributed by atoms with Gasteiger partial charge in [0.1, 0.15) is 5.83 Å². The minimum Gasteiger partial charge on any atom is -0.352 e. The lowest BCUT2D eigenvalue weighted by Gasteiger charge is -2.39. The van der Waals surface area contributed by atoms with Gasteiger partial charge in [0.25, 0.3) is 5.91 Å². The van der Waals surface area contributed by atoms with E-state index in [0.29, 0.717) is 30.1 Å². The maximum absolute atomic E-state index is 15.0. The number of hydrogen-bond acceptors (Lipinski definition) is 7. The Morgan fingerprint density at radius 1 is 1.17 bits per heavy atom. The predicted octanol–water partition coefficient (Wildman–Crippen LogP) is 3.79. The third kappa shape index (κ3) is 7.68. The molecule has 4 rings (SSSR count). The average Bonchev–Trinajstić information content (AvgIpc) is 2.88. The van der Waals surface area contributed by atoms with Crippen LogP contribution in [-0.2, 0) is 14.8 Å². The predicted molar refractivity (Wildman–Crippen MR) is 154 cm³/mol. The number of fused-ring (bicyclic) bond motifs is 1. The highest BCUT2D eigenvalue weighted by molar-refractivity contribution is 7.89. The summed E-state index contributed by atoms with van der Waals surface area (Å²) in [7, 11) is 0.0135. The first-order valence-corrected chi connectivity index (χ1v) is 15.6. The molecule has 0 radical (unpaired) electrons. The Bertz CT molecular complexity index is 1330. The highest BCUT2D eigenvalue weighted by Crippen LogP contribution is 2.33. The number of hydrogen-bond donors (Lipinski definition) is 2. The lowest BCUT2D eigenvalue weighted by molar-refractivity contribution is -0.130. The number of aliphatic imine (C=N–C) groups is 2. The van der Waals surface area contributed by atoms with Crippen LogP contribution < -0.4 is 10.0 Å². The van der Waals surface area contributed by atoms with Gasteiger partial charge in [-0.1, -0.05) is 6.08 Å². The van der Waals surface area contributed by atoms with Crippen LogP contribution in [0.25, 0.3) is 0 Å². The summed E-state index contributed by atoms with van der Waals surface area (Å²) < 4.78 is 67.7. The van der Waals surface area contributed by atoms with Gasteiger partial charge in [0.15, 0.2) is 6.17 Å². The molecular formula is C28H39F3N6O3S. The van der Waals surface area contributed by atoms with Crippen LogP contribution in [0.15, 0.2) is 56.5 Å². The fourth-order valence-electron chi connectivity index (χ4n) is 5.39. The van der Waals surface area contributed by atoms with Crippen molar-refractivity contribution >= 4 is 28.1 Å². The monoisotopic (exact) mass is 596 g/mol. The molecular weight excluding hydrogens is 557 g/mol. The van der Waals surface area contributed by atoms with Gasteiger partial charge in [-0.15, -0.1) is 0 Å². The summed E-state index contributed by atoms with van der Waals surface area (Å²) in [5.41, 5.74) is 0.991. The number of carbonyl (C=O) groups excluding carboxylic acids is 1. The Labute approximate surface area is 240 Å². The maximum atomic E-state index is 15.0. The van der Waals surface area contributed by atoms with E-state index in [4.69, 9.17) is 4.99 Å². The van der Waals surface area contributed by atoms with E-state index in [1.807, 2.05) is 18.6 Å². The molecule has 2 heterocycles. The molecule has 2 aliphatic heterocycles. The summed E-state index contributed by atoms with van der Waals surface area (Å²) in [4.78, 5) is 26.8. The summed E-state index contributed by atoms with van der Waals surface area (Å²) in [6.07, 6.45) is 8.52. The molecule has 0 bridgehead atoms. The highest BCUT2D eigenvalue weighted by Gasteiger charge is 2.37. The van der Waals surface area contributed by atoms with Crippen molar-refractivity contribution < 1.29 is 26.4 Å². The molecule has 1 unspecified atom stereocenters. The normalized spacial score (nSPS) is 27.3. The van der Waals surface area contributed by atoms with Crippen molar-refractivity contribution in [2.75, 3.05) is 19.8 Å². The van der Waals surface area contributed by atoms with Crippen LogP contribution in [0, 0.1) is 0 Å². The number of sulfonamides is 1. The molecule has 2 N–H and O–H groups in total. The SMILES string of the molecule is CC(C)N1C(=O)C(=C2C=C(F)C(NS(=O)(=O)CCC(C)(F)F)=CC2)C=C2C=NC(NC3CCC(N(C)C)CC3)=NC21. The third-order valence-corrected chi connectivity index (χ3v) is 9.01. The minimum absolute atomic E-state index is 0.0690. The first-order valence-electron chi connectivity index (χ1n) is 13.9. The Balaban J connectivity index is 1.51. The number of carbonyl (C=O) groups is 1. The van der Waals surface area contributed by atoms with Crippen molar-refractivity contribution in [3.05, 3.63) is 46.5 Å². The second-order valence-electron chi connectivity index (χ2n) is 11.6. The number of guanidine groups is 1. The number of amides is 1. The molecule has 0 aromatic carbocycles. The first-order chi connectivity index (χ1) is 19.1. The molecule has 0 saturated heterocycles. The van der Waals surface area contributed by atoms with Crippen molar-refractivity contribution in [1.82, 2.24) is 19.8 Å². The molecule has 0 spiro atoms. The number of alkyl halides is 2. The number of allylic oxidation sites excluding steroid dienone is 4. The van der Waals surface area contributed by atoms with Crippen LogP contribution in [0.4, 0.5) is 13.2 Å². The number of nitrogens with zero attached hydrogens (tertiary/aromatic N) is 4. The van der Waals surface area contributed by atoms with E-state index in [0.717, 1.165) is 31.8 Å². The van der Waals surface area contributed by atoms with Gasteiger partial charge >= 0.3 is 0 Å². The molecule has 13 heteroatoms. The topological polar surface area (TPSA) is 106 Å². The van der Waals surface area contributed by atoms with Gasteiger partial charge in [0, 0.05) is 41.9 Å². The number of nitrogens with one attached hydrogen (secondary N) is 2.